The van der Waals surface area contributed by atoms with Crippen LogP contribution in [0.3, 0.4) is 0 Å². The fourth-order valence-electron chi connectivity index (χ4n) is 3.10. The Kier molecular flexibility index (Phi) is 1.62. The quantitative estimate of drug-likeness (QED) is 0.711. The third-order valence-electron chi connectivity index (χ3n) is 3.85. The number of aliphatic imine (C=N–C) groups is 1. The first kappa shape index (κ1) is 8.64. The summed E-state index contributed by atoms with van der Waals surface area (Å²) in [5.41, 5.74) is 2.86. The largest absolute Gasteiger partial charge is 0.366 e. The van der Waals surface area contributed by atoms with E-state index in [0.29, 0.717) is 6.04 Å². The van der Waals surface area contributed by atoms with Crippen molar-refractivity contribution in [1.29, 1.82) is 0 Å². The van der Waals surface area contributed by atoms with E-state index in [2.05, 4.69) is 15.5 Å². The molecule has 0 radical (unpaired) electrons. The Bertz CT molecular complexity index is 414. The van der Waals surface area contributed by atoms with Gasteiger partial charge in [-0.05, 0) is 31.3 Å². The van der Waals surface area contributed by atoms with E-state index >= 15 is 0 Å². The van der Waals surface area contributed by atoms with Gasteiger partial charge in [0.05, 0.1) is 0 Å². The zero-order valence-corrected chi connectivity index (χ0v) is 8.97. The molecule has 1 aliphatic carbocycles. The van der Waals surface area contributed by atoms with Crippen LogP contribution in [-0.4, -0.2) is 28.7 Å². The normalized spacial score (nSPS) is 35.0. The van der Waals surface area contributed by atoms with Crippen LogP contribution in [0.4, 0.5) is 0 Å². The van der Waals surface area contributed by atoms with Crippen molar-refractivity contribution in [2.75, 3.05) is 6.54 Å². The lowest BCUT2D eigenvalue weighted by atomic mass is 10.1. The summed E-state index contributed by atoms with van der Waals surface area (Å²) in [7, 11) is 0. The van der Waals surface area contributed by atoms with Crippen molar-refractivity contribution >= 4 is 6.21 Å². The SMILES string of the molecule is C1=CN2NOC(N3CC4CCC3C4)=C2N=C1. The maximum Gasteiger partial charge on any atom is 0.262 e. The minimum atomic E-state index is 0.662. The Morgan fingerprint density at radius 1 is 1.44 bits per heavy atom. The molecule has 84 valence electrons. The third kappa shape index (κ3) is 1.06. The van der Waals surface area contributed by atoms with Crippen LogP contribution in [0.15, 0.2) is 29.0 Å². The van der Waals surface area contributed by atoms with E-state index in [1.165, 1.54) is 19.3 Å². The fraction of sp³-hybridized carbons (Fsp3) is 0.545. The molecule has 1 saturated carbocycles. The molecule has 1 saturated heterocycles. The van der Waals surface area contributed by atoms with Gasteiger partial charge in [0.1, 0.15) is 0 Å². The van der Waals surface area contributed by atoms with Crippen molar-refractivity contribution in [3.05, 3.63) is 24.0 Å². The van der Waals surface area contributed by atoms with Crippen LogP contribution in [0.2, 0.25) is 0 Å². The second kappa shape index (κ2) is 3.01. The Hall–Kier alpha value is -1.49. The van der Waals surface area contributed by atoms with Gasteiger partial charge in [0.25, 0.3) is 5.88 Å². The summed E-state index contributed by atoms with van der Waals surface area (Å²) in [6.45, 7) is 1.12. The highest BCUT2D eigenvalue weighted by Gasteiger charge is 2.42. The summed E-state index contributed by atoms with van der Waals surface area (Å²) in [5.74, 6) is 2.64. The molecule has 5 heteroatoms. The molecule has 2 fully saturated rings. The Labute approximate surface area is 94.0 Å². The van der Waals surface area contributed by atoms with Gasteiger partial charge in [0.15, 0.2) is 0 Å². The number of piperidine rings is 1. The van der Waals surface area contributed by atoms with Gasteiger partial charge in [-0.2, -0.15) is 0 Å². The van der Waals surface area contributed by atoms with Gasteiger partial charge in [-0.3, -0.25) is 0 Å². The summed E-state index contributed by atoms with van der Waals surface area (Å²) < 4.78 is 0. The van der Waals surface area contributed by atoms with Crippen LogP contribution in [0.1, 0.15) is 19.3 Å². The molecule has 1 N–H and O–H groups in total. The number of nitrogens with zero attached hydrogens (tertiary/aromatic N) is 3. The van der Waals surface area contributed by atoms with Crippen molar-refractivity contribution < 1.29 is 4.84 Å². The number of hydrogen-bond donors (Lipinski definition) is 1. The van der Waals surface area contributed by atoms with Crippen LogP contribution in [-0.2, 0) is 4.84 Å². The van der Waals surface area contributed by atoms with E-state index in [1.807, 2.05) is 17.3 Å². The third-order valence-corrected chi connectivity index (χ3v) is 3.85. The van der Waals surface area contributed by atoms with Crippen molar-refractivity contribution in [2.45, 2.75) is 25.3 Å². The Balaban J connectivity index is 1.68. The second-order valence-electron chi connectivity index (χ2n) is 4.80. The Morgan fingerprint density at radius 3 is 3.25 bits per heavy atom. The molecular weight excluding hydrogens is 204 g/mol. The van der Waals surface area contributed by atoms with Crippen LogP contribution < -0.4 is 5.59 Å². The molecule has 2 atom stereocenters. The maximum absolute atomic E-state index is 5.55. The average Bonchev–Trinajstić information content (AvgIpc) is 3.03. The molecule has 0 aromatic heterocycles. The maximum atomic E-state index is 5.55. The van der Waals surface area contributed by atoms with Crippen molar-refractivity contribution in [3.63, 3.8) is 0 Å². The monoisotopic (exact) mass is 218 g/mol. The molecule has 0 aromatic rings. The minimum Gasteiger partial charge on any atom is -0.366 e. The van der Waals surface area contributed by atoms with E-state index in [4.69, 9.17) is 4.84 Å². The fourth-order valence-corrected chi connectivity index (χ4v) is 3.10. The summed E-state index contributed by atoms with van der Waals surface area (Å²) >= 11 is 0. The zero-order valence-electron chi connectivity index (χ0n) is 8.97. The predicted octanol–water partition coefficient (Wildman–Crippen LogP) is 0.947. The average molecular weight is 218 g/mol. The van der Waals surface area contributed by atoms with Gasteiger partial charge in [-0.1, -0.05) is 5.59 Å². The van der Waals surface area contributed by atoms with Crippen LogP contribution in [0.25, 0.3) is 0 Å². The standard InChI is InChI=1S/C11H14N4O/c1-4-12-10-11(16-13-15(10)5-1)14-7-8-2-3-9(14)6-8/h1,4-5,8-9,13H,2-3,6-7H2. The summed E-state index contributed by atoms with van der Waals surface area (Å²) in [5, 5.41) is 1.82. The molecule has 3 aliphatic heterocycles. The molecule has 5 nitrogen and oxygen atoms in total. The molecule has 0 amide bonds. The van der Waals surface area contributed by atoms with Crippen molar-refractivity contribution in [3.8, 4) is 0 Å². The Morgan fingerprint density at radius 2 is 2.44 bits per heavy atom. The minimum absolute atomic E-state index is 0.662. The van der Waals surface area contributed by atoms with E-state index in [0.717, 1.165) is 24.2 Å². The van der Waals surface area contributed by atoms with Crippen molar-refractivity contribution in [2.24, 2.45) is 10.9 Å². The van der Waals surface area contributed by atoms with Gasteiger partial charge >= 0.3 is 0 Å². The summed E-state index contributed by atoms with van der Waals surface area (Å²) in [4.78, 5) is 12.3. The van der Waals surface area contributed by atoms with Crippen molar-refractivity contribution in [1.82, 2.24) is 15.5 Å². The van der Waals surface area contributed by atoms with Gasteiger partial charge < -0.3 is 9.74 Å². The number of nitrogens with one attached hydrogen (secondary N) is 1. The smallest absolute Gasteiger partial charge is 0.262 e. The first-order valence-electron chi connectivity index (χ1n) is 5.85. The zero-order chi connectivity index (χ0) is 10.5. The molecule has 2 bridgehead atoms. The number of fused-ring (bicyclic) bond motifs is 3. The lowest BCUT2D eigenvalue weighted by molar-refractivity contribution is 0.000956. The van der Waals surface area contributed by atoms with Gasteiger partial charge in [0, 0.05) is 25.0 Å². The molecule has 4 aliphatic rings. The van der Waals surface area contributed by atoms with Gasteiger partial charge in [0.2, 0.25) is 5.82 Å². The number of hydrogen-bond acceptors (Lipinski definition) is 5. The predicted molar refractivity (Wildman–Crippen MR) is 58.6 cm³/mol. The number of rotatable bonds is 1. The topological polar surface area (TPSA) is 40.1 Å². The number of hydrazine groups is 1. The molecular formula is C11H14N4O. The van der Waals surface area contributed by atoms with E-state index < -0.39 is 0 Å². The first-order valence-corrected chi connectivity index (χ1v) is 5.85. The molecule has 3 heterocycles. The van der Waals surface area contributed by atoms with E-state index in [-0.39, 0.29) is 0 Å². The van der Waals surface area contributed by atoms with Gasteiger partial charge in [-0.25, -0.2) is 10.0 Å². The lowest BCUT2D eigenvalue weighted by Crippen LogP contribution is -2.32. The highest BCUT2D eigenvalue weighted by molar-refractivity contribution is 5.73. The van der Waals surface area contributed by atoms with Crippen LogP contribution in [0.5, 0.6) is 0 Å². The van der Waals surface area contributed by atoms with E-state index in [9.17, 15) is 0 Å². The molecule has 0 spiro atoms. The molecule has 0 aromatic carbocycles. The van der Waals surface area contributed by atoms with Gasteiger partial charge in [-0.15, -0.1) is 0 Å². The first-order chi connectivity index (χ1) is 7.92. The lowest BCUT2D eigenvalue weighted by Gasteiger charge is -2.27. The molecule has 16 heavy (non-hydrogen) atoms. The molecule has 2 unspecified atom stereocenters. The highest BCUT2D eigenvalue weighted by atomic mass is 16.7. The van der Waals surface area contributed by atoms with Crippen LogP contribution >= 0.6 is 0 Å². The highest BCUT2D eigenvalue weighted by Crippen LogP contribution is 2.41. The molecule has 4 rings (SSSR count). The summed E-state index contributed by atoms with van der Waals surface area (Å²) in [6.07, 6.45) is 9.60. The summed E-state index contributed by atoms with van der Waals surface area (Å²) in [6, 6.07) is 0.662. The van der Waals surface area contributed by atoms with Crippen LogP contribution in [0, 0.1) is 5.92 Å². The van der Waals surface area contributed by atoms with E-state index in [1.54, 1.807) is 6.21 Å². The second-order valence-corrected chi connectivity index (χ2v) is 4.80. The number of likely N-dealkylation sites (tertiary alicyclic amines) is 1. The number of allylic oxidation sites excluding steroid dienone is 1.